The number of halogens is 3. The van der Waals surface area contributed by atoms with Gasteiger partial charge < -0.3 is 9.47 Å². The maximum atomic E-state index is 14.0. The molecule has 0 aliphatic heterocycles. The number of nitrogens with zero attached hydrogens (tertiary/aromatic N) is 3. The topological polar surface area (TPSA) is 65.7 Å². The van der Waals surface area contributed by atoms with E-state index in [1.54, 1.807) is 42.6 Å². The second-order valence-corrected chi connectivity index (χ2v) is 9.83. The summed E-state index contributed by atoms with van der Waals surface area (Å²) in [5, 5.41) is 4.93. The minimum Gasteiger partial charge on any atom is -0.493 e. The van der Waals surface area contributed by atoms with Gasteiger partial charge in [0.05, 0.1) is 28.7 Å². The van der Waals surface area contributed by atoms with Crippen LogP contribution in [0.1, 0.15) is 36.7 Å². The molecule has 0 spiro atoms. The summed E-state index contributed by atoms with van der Waals surface area (Å²) in [5.74, 6) is 1.06. The van der Waals surface area contributed by atoms with Gasteiger partial charge in [-0.1, -0.05) is 48.0 Å². The van der Waals surface area contributed by atoms with E-state index in [9.17, 15) is 9.18 Å². The number of ether oxygens (including phenoxy) is 2. The lowest BCUT2D eigenvalue weighted by atomic mass is 10.2. The monoisotopic (exact) mass is 601 g/mol. The Labute approximate surface area is 218 Å². The average Bonchev–Trinajstić information content (AvgIpc) is 2.83. The van der Waals surface area contributed by atoms with Crippen LogP contribution in [0.5, 0.6) is 11.5 Å². The summed E-state index contributed by atoms with van der Waals surface area (Å²) in [7, 11) is 1.52. The minimum absolute atomic E-state index is 0.0247. The molecule has 3 aromatic carbocycles. The molecule has 0 amide bonds. The molecule has 1 heterocycles. The molecule has 0 bridgehead atoms. The van der Waals surface area contributed by atoms with Crippen molar-refractivity contribution < 1.29 is 13.9 Å². The number of rotatable bonds is 7. The molecule has 1 aromatic heterocycles. The SMILES string of the molecule is COc1cc(C=Nn2c(C(C)C)nc3ccc(Br)cc3c2=O)cc(Br)c1OCc1ccccc1F. The fraction of sp³-hybridized carbons (Fsp3) is 0.192. The second-order valence-electron chi connectivity index (χ2n) is 8.06. The molecule has 6 nitrogen and oxygen atoms in total. The van der Waals surface area contributed by atoms with Gasteiger partial charge in [-0.15, -0.1) is 0 Å². The lowest BCUT2D eigenvalue weighted by molar-refractivity contribution is 0.278. The van der Waals surface area contributed by atoms with Crippen molar-refractivity contribution >= 4 is 49.0 Å². The third-order valence-electron chi connectivity index (χ3n) is 5.25. The zero-order valence-electron chi connectivity index (χ0n) is 19.3. The van der Waals surface area contributed by atoms with Crippen LogP contribution in [-0.2, 0) is 6.61 Å². The Morgan fingerprint density at radius 1 is 1.14 bits per heavy atom. The summed E-state index contributed by atoms with van der Waals surface area (Å²) < 4.78 is 28.0. The van der Waals surface area contributed by atoms with Crippen LogP contribution in [0.25, 0.3) is 10.9 Å². The molecule has 180 valence electrons. The van der Waals surface area contributed by atoms with Gasteiger partial charge in [-0.05, 0) is 57.9 Å². The number of fused-ring (bicyclic) bond motifs is 1. The van der Waals surface area contributed by atoms with E-state index in [1.165, 1.54) is 17.9 Å². The van der Waals surface area contributed by atoms with Gasteiger partial charge in [-0.25, -0.2) is 9.37 Å². The van der Waals surface area contributed by atoms with Crippen molar-refractivity contribution in [3.63, 3.8) is 0 Å². The lowest BCUT2D eigenvalue weighted by Crippen LogP contribution is -2.23. The molecule has 4 rings (SSSR count). The Morgan fingerprint density at radius 3 is 2.63 bits per heavy atom. The van der Waals surface area contributed by atoms with Crippen molar-refractivity contribution in [2.24, 2.45) is 5.10 Å². The van der Waals surface area contributed by atoms with Crippen molar-refractivity contribution in [1.82, 2.24) is 9.66 Å². The van der Waals surface area contributed by atoms with Crippen LogP contribution >= 0.6 is 31.9 Å². The van der Waals surface area contributed by atoms with Crippen LogP contribution in [0, 0.1) is 5.82 Å². The van der Waals surface area contributed by atoms with E-state index in [0.29, 0.717) is 43.8 Å². The Balaban J connectivity index is 1.69. The van der Waals surface area contributed by atoms with Gasteiger partial charge in [0.15, 0.2) is 11.5 Å². The maximum absolute atomic E-state index is 14.0. The molecule has 0 aliphatic carbocycles. The summed E-state index contributed by atoms with van der Waals surface area (Å²) in [5.41, 5.74) is 1.47. The molecular weight excluding hydrogens is 581 g/mol. The lowest BCUT2D eigenvalue weighted by Gasteiger charge is -2.14. The Morgan fingerprint density at radius 2 is 1.91 bits per heavy atom. The zero-order chi connectivity index (χ0) is 25.1. The summed E-state index contributed by atoms with van der Waals surface area (Å²) in [6, 6.07) is 15.3. The highest BCUT2D eigenvalue weighted by molar-refractivity contribution is 9.10. The molecule has 9 heteroatoms. The van der Waals surface area contributed by atoms with Crippen LogP contribution in [0.2, 0.25) is 0 Å². The number of benzene rings is 3. The predicted octanol–water partition coefficient (Wildman–Crippen LogP) is 6.65. The summed E-state index contributed by atoms with van der Waals surface area (Å²) in [6.07, 6.45) is 1.56. The molecule has 35 heavy (non-hydrogen) atoms. The first-order valence-electron chi connectivity index (χ1n) is 10.8. The second kappa shape index (κ2) is 10.7. The van der Waals surface area contributed by atoms with E-state index in [-0.39, 0.29) is 23.9 Å². The normalized spacial score (nSPS) is 11.5. The van der Waals surface area contributed by atoms with Crippen LogP contribution in [-0.4, -0.2) is 23.0 Å². The fourth-order valence-corrected chi connectivity index (χ4v) is 4.43. The highest BCUT2D eigenvalue weighted by Gasteiger charge is 2.15. The minimum atomic E-state index is -0.339. The molecule has 0 saturated carbocycles. The van der Waals surface area contributed by atoms with Gasteiger partial charge in [0.25, 0.3) is 5.56 Å². The molecule has 0 aliphatic rings. The highest BCUT2D eigenvalue weighted by Crippen LogP contribution is 2.37. The molecule has 0 saturated heterocycles. The average molecular weight is 603 g/mol. The van der Waals surface area contributed by atoms with E-state index >= 15 is 0 Å². The number of hydrogen-bond donors (Lipinski definition) is 0. The number of aromatic nitrogens is 2. The largest absolute Gasteiger partial charge is 0.493 e. The van der Waals surface area contributed by atoms with Crippen molar-refractivity contribution in [3.8, 4) is 11.5 Å². The van der Waals surface area contributed by atoms with Crippen LogP contribution in [0.3, 0.4) is 0 Å². The number of methoxy groups -OCH3 is 1. The Bertz CT molecular complexity index is 1490. The van der Waals surface area contributed by atoms with Crippen molar-refractivity contribution in [3.05, 3.63) is 96.7 Å². The first-order chi connectivity index (χ1) is 16.8. The third-order valence-corrected chi connectivity index (χ3v) is 6.34. The van der Waals surface area contributed by atoms with Crippen molar-refractivity contribution in [1.29, 1.82) is 0 Å². The first-order valence-corrected chi connectivity index (χ1v) is 12.4. The third kappa shape index (κ3) is 5.46. The smallest absolute Gasteiger partial charge is 0.282 e. The predicted molar refractivity (Wildman–Crippen MR) is 142 cm³/mol. The van der Waals surface area contributed by atoms with Gasteiger partial charge in [0.1, 0.15) is 18.2 Å². The molecular formula is C26H22Br2FN3O3. The van der Waals surface area contributed by atoms with Crippen LogP contribution < -0.4 is 15.0 Å². The van der Waals surface area contributed by atoms with E-state index in [2.05, 4.69) is 41.9 Å². The molecule has 0 radical (unpaired) electrons. The van der Waals surface area contributed by atoms with Gasteiger partial charge in [-0.2, -0.15) is 9.78 Å². The van der Waals surface area contributed by atoms with Crippen LogP contribution in [0.4, 0.5) is 4.39 Å². The first kappa shape index (κ1) is 25.1. The van der Waals surface area contributed by atoms with E-state index in [0.717, 1.165) is 4.47 Å². The van der Waals surface area contributed by atoms with Gasteiger partial charge in [0, 0.05) is 16.0 Å². The molecule has 0 N–H and O–H groups in total. The van der Waals surface area contributed by atoms with Gasteiger partial charge in [-0.3, -0.25) is 4.79 Å². The quantitative estimate of drug-likeness (QED) is 0.222. The number of hydrogen-bond acceptors (Lipinski definition) is 5. The molecule has 4 aromatic rings. The van der Waals surface area contributed by atoms with E-state index < -0.39 is 0 Å². The standard InChI is InChI=1S/C26H22Br2FN3O3/c1-15(2)25-31-22-9-8-18(27)12-19(22)26(33)32(25)30-13-16-10-20(28)24(23(11-16)34-3)35-14-17-6-4-5-7-21(17)29/h4-13,15H,14H2,1-3H3. The van der Waals surface area contributed by atoms with Crippen molar-refractivity contribution in [2.75, 3.05) is 7.11 Å². The summed E-state index contributed by atoms with van der Waals surface area (Å²) in [6.45, 7) is 3.96. The van der Waals surface area contributed by atoms with Gasteiger partial charge >= 0.3 is 0 Å². The molecule has 0 unspecified atom stereocenters. The van der Waals surface area contributed by atoms with Crippen molar-refractivity contribution in [2.45, 2.75) is 26.4 Å². The van der Waals surface area contributed by atoms with E-state index in [1.807, 2.05) is 26.0 Å². The summed E-state index contributed by atoms with van der Waals surface area (Å²) in [4.78, 5) is 17.9. The Hall–Kier alpha value is -3.04. The zero-order valence-corrected chi connectivity index (χ0v) is 22.4. The molecule has 0 atom stereocenters. The fourth-order valence-electron chi connectivity index (χ4n) is 3.50. The van der Waals surface area contributed by atoms with Crippen LogP contribution in [0.15, 0.2) is 73.4 Å². The van der Waals surface area contributed by atoms with E-state index in [4.69, 9.17) is 9.47 Å². The highest BCUT2D eigenvalue weighted by atomic mass is 79.9. The maximum Gasteiger partial charge on any atom is 0.282 e. The summed E-state index contributed by atoms with van der Waals surface area (Å²) >= 11 is 6.91. The Kier molecular flexibility index (Phi) is 7.66. The van der Waals surface area contributed by atoms with Gasteiger partial charge in [0.2, 0.25) is 0 Å². The molecule has 0 fully saturated rings.